The van der Waals surface area contributed by atoms with Crippen molar-refractivity contribution in [2.75, 3.05) is 5.32 Å². The number of anilines is 1. The van der Waals surface area contributed by atoms with Gasteiger partial charge < -0.3 is 15.5 Å². The lowest BCUT2D eigenvalue weighted by Crippen LogP contribution is -2.06. The molecule has 20 heavy (non-hydrogen) atoms. The number of carboxylic acids is 1. The standard InChI is InChI=1S/C16H17NO3/c1-10-7-12(8-11(2)15(10)18)9-17-14-6-4-3-5-13(14)16(19)20/h3-8,17-18H,9H2,1-2H3,(H,19,20). The minimum atomic E-state index is -0.953. The summed E-state index contributed by atoms with van der Waals surface area (Å²) in [5.41, 5.74) is 3.46. The van der Waals surface area contributed by atoms with Crippen LogP contribution in [-0.4, -0.2) is 16.2 Å². The Hall–Kier alpha value is -2.49. The van der Waals surface area contributed by atoms with E-state index in [4.69, 9.17) is 5.11 Å². The lowest BCUT2D eigenvalue weighted by molar-refractivity contribution is 0.0698. The highest BCUT2D eigenvalue weighted by Crippen LogP contribution is 2.24. The zero-order valence-electron chi connectivity index (χ0n) is 11.5. The molecule has 0 saturated heterocycles. The van der Waals surface area contributed by atoms with Gasteiger partial charge in [-0.1, -0.05) is 24.3 Å². The second-order valence-corrected chi connectivity index (χ2v) is 4.78. The van der Waals surface area contributed by atoms with Crippen LogP contribution in [0.15, 0.2) is 36.4 Å². The van der Waals surface area contributed by atoms with E-state index in [0.29, 0.717) is 18.0 Å². The monoisotopic (exact) mass is 271 g/mol. The maximum Gasteiger partial charge on any atom is 0.337 e. The molecule has 0 aliphatic heterocycles. The van der Waals surface area contributed by atoms with Crippen LogP contribution in [0.2, 0.25) is 0 Å². The fourth-order valence-corrected chi connectivity index (χ4v) is 2.17. The average Bonchev–Trinajstić information content (AvgIpc) is 2.42. The van der Waals surface area contributed by atoms with Crippen molar-refractivity contribution in [2.45, 2.75) is 20.4 Å². The predicted molar refractivity (Wildman–Crippen MR) is 78.3 cm³/mol. The number of rotatable bonds is 4. The van der Waals surface area contributed by atoms with E-state index < -0.39 is 5.97 Å². The summed E-state index contributed by atoms with van der Waals surface area (Å²) in [4.78, 5) is 11.1. The van der Waals surface area contributed by atoms with Crippen molar-refractivity contribution >= 4 is 11.7 Å². The van der Waals surface area contributed by atoms with E-state index >= 15 is 0 Å². The quantitative estimate of drug-likeness (QED) is 0.798. The van der Waals surface area contributed by atoms with Crippen LogP contribution in [0.4, 0.5) is 5.69 Å². The van der Waals surface area contributed by atoms with Crippen molar-refractivity contribution in [1.29, 1.82) is 0 Å². The van der Waals surface area contributed by atoms with Gasteiger partial charge in [-0.15, -0.1) is 0 Å². The Morgan fingerprint density at radius 3 is 2.35 bits per heavy atom. The van der Waals surface area contributed by atoms with Gasteiger partial charge >= 0.3 is 5.97 Å². The van der Waals surface area contributed by atoms with Crippen LogP contribution in [0.5, 0.6) is 5.75 Å². The van der Waals surface area contributed by atoms with E-state index in [1.807, 2.05) is 26.0 Å². The number of hydrogen-bond donors (Lipinski definition) is 3. The summed E-state index contributed by atoms with van der Waals surface area (Å²) >= 11 is 0. The minimum Gasteiger partial charge on any atom is -0.507 e. The van der Waals surface area contributed by atoms with Crippen LogP contribution < -0.4 is 5.32 Å². The van der Waals surface area contributed by atoms with Crippen molar-refractivity contribution in [3.63, 3.8) is 0 Å². The van der Waals surface area contributed by atoms with Crippen LogP contribution in [-0.2, 0) is 6.54 Å². The third-order valence-electron chi connectivity index (χ3n) is 3.19. The Morgan fingerprint density at radius 2 is 1.75 bits per heavy atom. The van der Waals surface area contributed by atoms with Crippen LogP contribution >= 0.6 is 0 Å². The molecular formula is C16H17NO3. The van der Waals surface area contributed by atoms with Gasteiger partial charge in [-0.05, 0) is 42.7 Å². The number of benzene rings is 2. The molecule has 0 aliphatic carbocycles. The summed E-state index contributed by atoms with van der Waals surface area (Å²) in [6, 6.07) is 10.6. The molecule has 0 unspecified atom stereocenters. The Labute approximate surface area is 117 Å². The normalized spacial score (nSPS) is 10.3. The third-order valence-corrected chi connectivity index (χ3v) is 3.19. The number of nitrogens with one attached hydrogen (secondary N) is 1. The van der Waals surface area contributed by atoms with Gasteiger partial charge in [-0.3, -0.25) is 0 Å². The summed E-state index contributed by atoms with van der Waals surface area (Å²) in [6.07, 6.45) is 0. The van der Waals surface area contributed by atoms with E-state index in [1.165, 1.54) is 0 Å². The average molecular weight is 271 g/mol. The minimum absolute atomic E-state index is 0.250. The van der Waals surface area contributed by atoms with Crippen molar-refractivity contribution in [2.24, 2.45) is 0 Å². The molecule has 2 rings (SSSR count). The number of carbonyl (C=O) groups is 1. The Bertz CT molecular complexity index is 627. The molecule has 2 aromatic rings. The van der Waals surface area contributed by atoms with E-state index in [-0.39, 0.29) is 5.56 Å². The van der Waals surface area contributed by atoms with E-state index in [1.54, 1.807) is 24.3 Å². The molecule has 4 heteroatoms. The fraction of sp³-hybridized carbons (Fsp3) is 0.188. The first-order valence-corrected chi connectivity index (χ1v) is 6.34. The van der Waals surface area contributed by atoms with Gasteiger partial charge in [0, 0.05) is 12.2 Å². The number of aromatic carboxylic acids is 1. The van der Waals surface area contributed by atoms with Crippen molar-refractivity contribution < 1.29 is 15.0 Å². The van der Waals surface area contributed by atoms with Gasteiger partial charge in [0.1, 0.15) is 5.75 Å². The smallest absolute Gasteiger partial charge is 0.337 e. The Morgan fingerprint density at radius 1 is 1.15 bits per heavy atom. The largest absolute Gasteiger partial charge is 0.507 e. The number of para-hydroxylation sites is 1. The number of aryl methyl sites for hydroxylation is 2. The second kappa shape index (κ2) is 5.65. The lowest BCUT2D eigenvalue weighted by atomic mass is 10.1. The number of aromatic hydroxyl groups is 1. The molecule has 0 radical (unpaired) electrons. The topological polar surface area (TPSA) is 69.6 Å². The molecule has 2 aromatic carbocycles. The number of phenols is 1. The third kappa shape index (κ3) is 2.91. The van der Waals surface area contributed by atoms with Crippen LogP contribution in [0.25, 0.3) is 0 Å². The van der Waals surface area contributed by atoms with E-state index in [0.717, 1.165) is 16.7 Å². The fourth-order valence-electron chi connectivity index (χ4n) is 2.17. The molecule has 0 saturated carbocycles. The van der Waals surface area contributed by atoms with Gasteiger partial charge in [-0.2, -0.15) is 0 Å². The summed E-state index contributed by atoms with van der Waals surface area (Å²) in [7, 11) is 0. The summed E-state index contributed by atoms with van der Waals surface area (Å²) < 4.78 is 0. The van der Waals surface area contributed by atoms with Crippen molar-refractivity contribution in [3.8, 4) is 5.75 Å². The van der Waals surface area contributed by atoms with Crippen LogP contribution in [0.1, 0.15) is 27.0 Å². The maximum atomic E-state index is 11.1. The summed E-state index contributed by atoms with van der Waals surface area (Å²) in [6.45, 7) is 4.19. The number of phenolic OH excluding ortho intramolecular Hbond substituents is 1. The molecule has 0 amide bonds. The number of hydrogen-bond acceptors (Lipinski definition) is 3. The summed E-state index contributed by atoms with van der Waals surface area (Å²) in [5, 5.41) is 22.0. The molecule has 104 valence electrons. The molecule has 0 aromatic heterocycles. The SMILES string of the molecule is Cc1cc(CNc2ccccc2C(=O)O)cc(C)c1O. The maximum absolute atomic E-state index is 11.1. The first-order chi connectivity index (χ1) is 9.49. The molecule has 3 N–H and O–H groups in total. The van der Waals surface area contributed by atoms with E-state index in [9.17, 15) is 9.90 Å². The molecule has 0 atom stereocenters. The highest BCUT2D eigenvalue weighted by molar-refractivity contribution is 5.94. The Kier molecular flexibility index (Phi) is 3.94. The molecule has 4 nitrogen and oxygen atoms in total. The van der Waals surface area contributed by atoms with Crippen LogP contribution in [0, 0.1) is 13.8 Å². The molecule has 0 fully saturated rings. The van der Waals surface area contributed by atoms with Gasteiger partial charge in [-0.25, -0.2) is 4.79 Å². The molecular weight excluding hydrogens is 254 g/mol. The first-order valence-electron chi connectivity index (χ1n) is 6.34. The molecule has 0 bridgehead atoms. The van der Waals surface area contributed by atoms with Gasteiger partial charge in [0.2, 0.25) is 0 Å². The van der Waals surface area contributed by atoms with Gasteiger partial charge in [0.25, 0.3) is 0 Å². The highest BCUT2D eigenvalue weighted by Gasteiger charge is 2.09. The first kappa shape index (κ1) is 13.9. The lowest BCUT2D eigenvalue weighted by Gasteiger charge is -2.11. The summed E-state index contributed by atoms with van der Waals surface area (Å²) in [5.74, 6) is -0.647. The number of carboxylic acid groups (broad SMARTS) is 1. The molecule has 0 aliphatic rings. The zero-order chi connectivity index (χ0) is 14.7. The van der Waals surface area contributed by atoms with E-state index in [2.05, 4.69) is 5.32 Å². The van der Waals surface area contributed by atoms with Gasteiger partial charge in [0.15, 0.2) is 0 Å². The molecule has 0 spiro atoms. The van der Waals surface area contributed by atoms with Gasteiger partial charge in [0.05, 0.1) is 5.56 Å². The molecule has 0 heterocycles. The van der Waals surface area contributed by atoms with Crippen molar-refractivity contribution in [1.82, 2.24) is 0 Å². The van der Waals surface area contributed by atoms with Crippen molar-refractivity contribution in [3.05, 3.63) is 58.7 Å². The van der Waals surface area contributed by atoms with Crippen LogP contribution in [0.3, 0.4) is 0 Å². The second-order valence-electron chi connectivity index (χ2n) is 4.78. The highest BCUT2D eigenvalue weighted by atomic mass is 16.4. The Balaban J connectivity index is 2.19. The predicted octanol–water partition coefficient (Wildman–Crippen LogP) is 3.32. The zero-order valence-corrected chi connectivity index (χ0v) is 11.5.